The predicted octanol–water partition coefficient (Wildman–Crippen LogP) is 4.20. The number of pyridine rings is 1. The molecule has 1 atom stereocenters. The van der Waals surface area contributed by atoms with Gasteiger partial charge in [0.15, 0.2) is 5.58 Å². The van der Waals surface area contributed by atoms with Gasteiger partial charge < -0.3 is 19.6 Å². The van der Waals surface area contributed by atoms with Gasteiger partial charge in [0.05, 0.1) is 13.0 Å². The van der Waals surface area contributed by atoms with Crippen molar-refractivity contribution in [1.29, 1.82) is 0 Å². The van der Waals surface area contributed by atoms with E-state index in [0.29, 0.717) is 18.3 Å². The van der Waals surface area contributed by atoms with Gasteiger partial charge in [-0.25, -0.2) is 9.97 Å². The molecule has 0 amide bonds. The van der Waals surface area contributed by atoms with Crippen molar-refractivity contribution in [3.63, 3.8) is 0 Å². The largest absolute Gasteiger partial charge is 0.497 e. The van der Waals surface area contributed by atoms with Crippen molar-refractivity contribution in [2.45, 2.75) is 12.3 Å². The normalized spacial score (nSPS) is 15.8. The summed E-state index contributed by atoms with van der Waals surface area (Å²) in [4.78, 5) is 8.84. The Balaban J connectivity index is 1.46. The molecule has 0 saturated carbocycles. The van der Waals surface area contributed by atoms with Gasteiger partial charge in [0.25, 0.3) is 0 Å². The summed E-state index contributed by atoms with van der Waals surface area (Å²) < 4.78 is 17.3. The zero-order valence-corrected chi connectivity index (χ0v) is 15.4. The molecule has 0 spiro atoms. The van der Waals surface area contributed by atoms with Gasteiger partial charge in [-0.05, 0) is 60.0 Å². The highest BCUT2D eigenvalue weighted by Gasteiger charge is 2.26. The van der Waals surface area contributed by atoms with E-state index in [2.05, 4.69) is 9.97 Å². The van der Waals surface area contributed by atoms with Crippen LogP contribution in [0.15, 0.2) is 59.1 Å². The molecule has 1 unspecified atom stereocenters. The molecule has 2 aromatic heterocycles. The SMILES string of the molecule is COc1ccc2c(c1)CC(c1nc3ccc(-c4ccc(N)nc4)cc3o1)CO2. The van der Waals surface area contributed by atoms with Crippen molar-refractivity contribution in [2.24, 2.45) is 0 Å². The Morgan fingerprint density at radius 1 is 1.07 bits per heavy atom. The number of anilines is 1. The maximum Gasteiger partial charge on any atom is 0.202 e. The van der Waals surface area contributed by atoms with E-state index in [9.17, 15) is 0 Å². The number of oxazole rings is 1. The van der Waals surface area contributed by atoms with Crippen LogP contribution in [0.1, 0.15) is 17.4 Å². The smallest absolute Gasteiger partial charge is 0.202 e. The van der Waals surface area contributed by atoms with Gasteiger partial charge in [-0.15, -0.1) is 0 Å². The van der Waals surface area contributed by atoms with Gasteiger partial charge in [0.2, 0.25) is 5.89 Å². The summed E-state index contributed by atoms with van der Waals surface area (Å²) in [6.45, 7) is 0.543. The summed E-state index contributed by atoms with van der Waals surface area (Å²) in [5, 5.41) is 0. The molecule has 0 radical (unpaired) electrons. The predicted molar refractivity (Wildman–Crippen MR) is 107 cm³/mol. The first-order valence-electron chi connectivity index (χ1n) is 9.12. The Morgan fingerprint density at radius 3 is 2.79 bits per heavy atom. The third kappa shape index (κ3) is 2.93. The van der Waals surface area contributed by atoms with Gasteiger partial charge in [-0.2, -0.15) is 0 Å². The summed E-state index contributed by atoms with van der Waals surface area (Å²) in [7, 11) is 1.66. The van der Waals surface area contributed by atoms with Gasteiger partial charge in [-0.1, -0.05) is 6.07 Å². The summed E-state index contributed by atoms with van der Waals surface area (Å²) in [6.07, 6.45) is 2.56. The molecule has 0 saturated heterocycles. The highest BCUT2D eigenvalue weighted by atomic mass is 16.5. The Kier molecular flexibility index (Phi) is 3.90. The minimum Gasteiger partial charge on any atom is -0.497 e. The fraction of sp³-hybridized carbons (Fsp3) is 0.182. The molecule has 0 bridgehead atoms. The number of benzene rings is 2. The molecular formula is C22H19N3O3. The van der Waals surface area contributed by atoms with Crippen LogP contribution in [0.3, 0.4) is 0 Å². The molecule has 5 rings (SSSR count). The Hall–Kier alpha value is -3.54. The molecule has 1 aliphatic heterocycles. The standard InChI is InChI=1S/C22H19N3O3/c1-26-17-4-6-19-15(9-17)8-16(12-27-19)22-25-18-5-2-13(10-20(18)28-22)14-3-7-21(23)24-11-14/h2-7,9-11,16H,8,12H2,1H3,(H2,23,24). The minimum atomic E-state index is 0.0636. The van der Waals surface area contributed by atoms with E-state index in [-0.39, 0.29) is 5.92 Å². The molecule has 0 fully saturated rings. The number of aromatic nitrogens is 2. The molecule has 140 valence electrons. The van der Waals surface area contributed by atoms with Crippen molar-refractivity contribution >= 4 is 16.9 Å². The molecule has 6 nitrogen and oxygen atoms in total. The summed E-state index contributed by atoms with van der Waals surface area (Å²) >= 11 is 0. The number of ether oxygens (including phenoxy) is 2. The molecule has 6 heteroatoms. The average Bonchev–Trinajstić information content (AvgIpc) is 3.17. The zero-order chi connectivity index (χ0) is 19.1. The van der Waals surface area contributed by atoms with Gasteiger partial charge in [0.1, 0.15) is 29.4 Å². The lowest BCUT2D eigenvalue weighted by molar-refractivity contribution is 0.243. The summed E-state index contributed by atoms with van der Waals surface area (Å²) in [5.41, 5.74) is 10.4. The quantitative estimate of drug-likeness (QED) is 0.579. The third-order valence-electron chi connectivity index (χ3n) is 5.05. The number of methoxy groups -OCH3 is 1. The van der Waals surface area contributed by atoms with Crippen LogP contribution >= 0.6 is 0 Å². The van der Waals surface area contributed by atoms with Crippen LogP contribution in [0, 0.1) is 0 Å². The average molecular weight is 373 g/mol. The van der Waals surface area contributed by atoms with Crippen LogP contribution in [0.4, 0.5) is 5.82 Å². The lowest BCUT2D eigenvalue weighted by atomic mass is 9.96. The van der Waals surface area contributed by atoms with Crippen LogP contribution in [0.25, 0.3) is 22.2 Å². The van der Waals surface area contributed by atoms with E-state index in [1.165, 1.54) is 0 Å². The van der Waals surface area contributed by atoms with E-state index >= 15 is 0 Å². The highest BCUT2D eigenvalue weighted by molar-refractivity contribution is 5.80. The van der Waals surface area contributed by atoms with Crippen molar-refractivity contribution in [3.05, 3.63) is 66.2 Å². The maximum atomic E-state index is 6.10. The number of hydrogen-bond donors (Lipinski definition) is 1. The van der Waals surface area contributed by atoms with Crippen molar-refractivity contribution in [2.75, 3.05) is 19.5 Å². The van der Waals surface area contributed by atoms with Crippen molar-refractivity contribution < 1.29 is 13.9 Å². The summed E-state index contributed by atoms with van der Waals surface area (Å²) in [6, 6.07) is 15.6. The second-order valence-corrected chi connectivity index (χ2v) is 6.89. The van der Waals surface area contributed by atoms with E-state index in [4.69, 9.17) is 19.6 Å². The molecule has 0 aliphatic carbocycles. The Bertz CT molecular complexity index is 1150. The molecule has 2 aromatic carbocycles. The molecule has 2 N–H and O–H groups in total. The first-order chi connectivity index (χ1) is 13.7. The van der Waals surface area contributed by atoms with Crippen LogP contribution in [0.2, 0.25) is 0 Å². The fourth-order valence-electron chi connectivity index (χ4n) is 3.53. The number of nitrogens with two attached hydrogens (primary N) is 1. The molecule has 1 aliphatic rings. The molecular weight excluding hydrogens is 354 g/mol. The van der Waals surface area contributed by atoms with Crippen molar-refractivity contribution in [1.82, 2.24) is 9.97 Å². The number of hydrogen-bond acceptors (Lipinski definition) is 6. The van der Waals surface area contributed by atoms with E-state index in [0.717, 1.165) is 45.7 Å². The fourth-order valence-corrected chi connectivity index (χ4v) is 3.53. The number of nitrogen functional groups attached to an aromatic ring is 1. The lowest BCUT2D eigenvalue weighted by Gasteiger charge is -2.23. The van der Waals surface area contributed by atoms with Gasteiger partial charge >= 0.3 is 0 Å². The van der Waals surface area contributed by atoms with Crippen LogP contribution in [-0.4, -0.2) is 23.7 Å². The first kappa shape index (κ1) is 16.6. The number of nitrogens with zero attached hydrogens (tertiary/aromatic N) is 2. The lowest BCUT2D eigenvalue weighted by Crippen LogP contribution is -2.19. The van der Waals surface area contributed by atoms with E-state index < -0.39 is 0 Å². The number of rotatable bonds is 3. The van der Waals surface area contributed by atoms with Crippen LogP contribution in [-0.2, 0) is 6.42 Å². The Morgan fingerprint density at radius 2 is 1.96 bits per heavy atom. The first-order valence-corrected chi connectivity index (χ1v) is 9.12. The highest BCUT2D eigenvalue weighted by Crippen LogP contribution is 2.35. The monoisotopic (exact) mass is 373 g/mol. The minimum absolute atomic E-state index is 0.0636. The third-order valence-corrected chi connectivity index (χ3v) is 5.05. The van der Waals surface area contributed by atoms with Gasteiger partial charge in [-0.3, -0.25) is 0 Å². The maximum absolute atomic E-state index is 6.10. The molecule has 28 heavy (non-hydrogen) atoms. The zero-order valence-electron chi connectivity index (χ0n) is 15.4. The number of fused-ring (bicyclic) bond motifs is 2. The molecule has 3 heterocycles. The summed E-state index contributed by atoms with van der Waals surface area (Å²) in [5.74, 6) is 2.97. The van der Waals surface area contributed by atoms with E-state index in [1.807, 2.05) is 42.5 Å². The van der Waals surface area contributed by atoms with Gasteiger partial charge in [0, 0.05) is 11.8 Å². The van der Waals surface area contributed by atoms with Crippen LogP contribution < -0.4 is 15.2 Å². The molecule has 4 aromatic rings. The van der Waals surface area contributed by atoms with Crippen LogP contribution in [0.5, 0.6) is 11.5 Å². The second kappa shape index (κ2) is 6.56. The second-order valence-electron chi connectivity index (χ2n) is 6.89. The topological polar surface area (TPSA) is 83.4 Å². The van der Waals surface area contributed by atoms with E-state index in [1.54, 1.807) is 19.4 Å². The Labute approximate surface area is 161 Å². The van der Waals surface area contributed by atoms with Crippen molar-refractivity contribution in [3.8, 4) is 22.6 Å².